The average molecular weight is 209 g/mol. The lowest BCUT2D eigenvalue weighted by atomic mass is 10.1. The molecular formula is C12H23N3. The summed E-state index contributed by atoms with van der Waals surface area (Å²) in [7, 11) is 2.13. The first kappa shape index (κ1) is 12.5. The van der Waals surface area contributed by atoms with Crippen molar-refractivity contribution in [3.05, 3.63) is 0 Å². The molecule has 0 bridgehead atoms. The number of nitriles is 1. The van der Waals surface area contributed by atoms with Gasteiger partial charge in [0.15, 0.2) is 0 Å². The zero-order valence-corrected chi connectivity index (χ0v) is 10.2. The highest BCUT2D eigenvalue weighted by Crippen LogP contribution is 2.12. The van der Waals surface area contributed by atoms with Gasteiger partial charge in [-0.25, -0.2) is 0 Å². The van der Waals surface area contributed by atoms with E-state index in [2.05, 4.69) is 36.8 Å². The molecule has 1 saturated heterocycles. The van der Waals surface area contributed by atoms with Crippen molar-refractivity contribution in [2.24, 2.45) is 5.92 Å². The lowest BCUT2D eigenvalue weighted by Gasteiger charge is -2.38. The van der Waals surface area contributed by atoms with Crippen LogP contribution in [0.1, 0.15) is 26.7 Å². The van der Waals surface area contributed by atoms with Gasteiger partial charge < -0.3 is 4.90 Å². The third kappa shape index (κ3) is 4.19. The number of hydrogen-bond donors (Lipinski definition) is 0. The fourth-order valence-electron chi connectivity index (χ4n) is 1.98. The van der Waals surface area contributed by atoms with Crippen molar-refractivity contribution in [3.8, 4) is 6.07 Å². The summed E-state index contributed by atoms with van der Waals surface area (Å²) in [5, 5.41) is 8.75. The van der Waals surface area contributed by atoms with Crippen LogP contribution in [0.25, 0.3) is 0 Å². The minimum absolute atomic E-state index is 0.441. The molecular weight excluding hydrogens is 186 g/mol. The van der Waals surface area contributed by atoms with Crippen LogP contribution in [-0.2, 0) is 0 Å². The summed E-state index contributed by atoms with van der Waals surface area (Å²) in [6.45, 7) is 9.05. The van der Waals surface area contributed by atoms with E-state index in [1.54, 1.807) is 0 Å². The van der Waals surface area contributed by atoms with Crippen LogP contribution in [0.2, 0.25) is 0 Å². The van der Waals surface area contributed by atoms with Crippen molar-refractivity contribution >= 4 is 0 Å². The first-order chi connectivity index (χ1) is 7.13. The van der Waals surface area contributed by atoms with E-state index in [1.165, 1.54) is 13.0 Å². The van der Waals surface area contributed by atoms with Crippen molar-refractivity contribution in [1.29, 1.82) is 5.26 Å². The van der Waals surface area contributed by atoms with Crippen LogP contribution in [-0.4, -0.2) is 49.1 Å². The van der Waals surface area contributed by atoms with Crippen LogP contribution < -0.4 is 0 Å². The lowest BCUT2D eigenvalue weighted by molar-refractivity contribution is 0.0943. The smallest absolute Gasteiger partial charge is 0.0638 e. The van der Waals surface area contributed by atoms with Crippen molar-refractivity contribution in [2.75, 3.05) is 33.2 Å². The second kappa shape index (κ2) is 6.09. The van der Waals surface area contributed by atoms with Gasteiger partial charge >= 0.3 is 0 Å². The lowest BCUT2D eigenvalue weighted by Crippen LogP contribution is -2.51. The van der Waals surface area contributed by atoms with Gasteiger partial charge in [-0.2, -0.15) is 5.26 Å². The summed E-state index contributed by atoms with van der Waals surface area (Å²) in [6, 6.07) is 2.73. The maximum Gasteiger partial charge on any atom is 0.0638 e. The molecule has 1 rings (SSSR count). The largest absolute Gasteiger partial charge is 0.300 e. The van der Waals surface area contributed by atoms with Gasteiger partial charge in [0.05, 0.1) is 12.5 Å². The topological polar surface area (TPSA) is 30.3 Å². The maximum absolute atomic E-state index is 8.75. The molecule has 1 unspecified atom stereocenters. The molecule has 0 aromatic carbocycles. The van der Waals surface area contributed by atoms with Gasteiger partial charge in [-0.05, 0) is 25.9 Å². The zero-order valence-electron chi connectivity index (χ0n) is 10.2. The molecule has 0 spiro atoms. The summed E-state index contributed by atoms with van der Waals surface area (Å²) < 4.78 is 0. The van der Waals surface area contributed by atoms with E-state index < -0.39 is 0 Å². The highest BCUT2D eigenvalue weighted by atomic mass is 15.3. The summed E-state index contributed by atoms with van der Waals surface area (Å²) in [6.07, 6.45) is 1.93. The average Bonchev–Trinajstić information content (AvgIpc) is 2.19. The van der Waals surface area contributed by atoms with Crippen molar-refractivity contribution in [2.45, 2.75) is 32.7 Å². The first-order valence-corrected chi connectivity index (χ1v) is 5.93. The van der Waals surface area contributed by atoms with E-state index in [-0.39, 0.29) is 0 Å². The summed E-state index contributed by atoms with van der Waals surface area (Å²) >= 11 is 0. The third-order valence-electron chi connectivity index (χ3n) is 3.21. The molecule has 0 amide bonds. The Kier molecular flexibility index (Phi) is 5.07. The van der Waals surface area contributed by atoms with E-state index in [0.29, 0.717) is 12.5 Å². The normalized spacial score (nSPS) is 24.3. The quantitative estimate of drug-likeness (QED) is 0.704. The molecule has 1 aliphatic heterocycles. The summed E-state index contributed by atoms with van der Waals surface area (Å²) in [5.41, 5.74) is 0. The number of nitrogens with zero attached hydrogens (tertiary/aromatic N) is 3. The SMILES string of the molecule is CC(C)CCN1CCN(C)C(CC#N)C1. The molecule has 3 heteroatoms. The second-order valence-electron chi connectivity index (χ2n) is 4.98. The van der Waals surface area contributed by atoms with Gasteiger partial charge in [0.25, 0.3) is 0 Å². The molecule has 0 aromatic heterocycles. The van der Waals surface area contributed by atoms with Gasteiger partial charge in [-0.1, -0.05) is 13.8 Å². The molecule has 0 aromatic rings. The molecule has 1 heterocycles. The highest BCUT2D eigenvalue weighted by Gasteiger charge is 2.23. The monoisotopic (exact) mass is 209 g/mol. The summed E-state index contributed by atoms with van der Waals surface area (Å²) in [4.78, 5) is 4.82. The fraction of sp³-hybridized carbons (Fsp3) is 0.917. The molecule has 0 saturated carbocycles. The van der Waals surface area contributed by atoms with Crippen molar-refractivity contribution < 1.29 is 0 Å². The molecule has 15 heavy (non-hydrogen) atoms. The first-order valence-electron chi connectivity index (χ1n) is 5.93. The van der Waals surface area contributed by atoms with Gasteiger partial charge in [0.2, 0.25) is 0 Å². The van der Waals surface area contributed by atoms with E-state index in [1.807, 2.05) is 0 Å². The molecule has 3 nitrogen and oxygen atoms in total. The molecule has 1 atom stereocenters. The predicted molar refractivity (Wildman–Crippen MR) is 62.5 cm³/mol. The second-order valence-corrected chi connectivity index (χ2v) is 4.98. The molecule has 0 N–H and O–H groups in total. The zero-order chi connectivity index (χ0) is 11.3. The van der Waals surface area contributed by atoms with Gasteiger partial charge in [0.1, 0.15) is 0 Å². The van der Waals surface area contributed by atoms with E-state index in [0.717, 1.165) is 25.6 Å². The minimum atomic E-state index is 0.441. The van der Waals surface area contributed by atoms with E-state index in [9.17, 15) is 0 Å². The Morgan fingerprint density at radius 3 is 2.73 bits per heavy atom. The Bertz CT molecular complexity index is 219. The Morgan fingerprint density at radius 1 is 1.40 bits per heavy atom. The van der Waals surface area contributed by atoms with Crippen LogP contribution in [0.4, 0.5) is 0 Å². The van der Waals surface area contributed by atoms with Crippen LogP contribution in [0.3, 0.4) is 0 Å². The van der Waals surface area contributed by atoms with Crippen molar-refractivity contribution in [1.82, 2.24) is 9.80 Å². The standard InChI is InChI=1S/C12H23N3/c1-11(2)5-7-15-9-8-14(3)12(10-15)4-6-13/h11-12H,4-5,7-10H2,1-3H3. The Balaban J connectivity index is 2.33. The molecule has 1 fully saturated rings. The molecule has 0 aliphatic carbocycles. The number of hydrogen-bond acceptors (Lipinski definition) is 3. The van der Waals surface area contributed by atoms with Crippen molar-refractivity contribution in [3.63, 3.8) is 0 Å². The van der Waals surface area contributed by atoms with Gasteiger partial charge in [0, 0.05) is 25.7 Å². The summed E-state index contributed by atoms with van der Waals surface area (Å²) in [5.74, 6) is 0.777. The van der Waals surface area contributed by atoms with Crippen LogP contribution in [0.5, 0.6) is 0 Å². The van der Waals surface area contributed by atoms with E-state index >= 15 is 0 Å². The third-order valence-corrected chi connectivity index (χ3v) is 3.21. The fourth-order valence-corrected chi connectivity index (χ4v) is 1.98. The Labute approximate surface area is 93.7 Å². The minimum Gasteiger partial charge on any atom is -0.300 e. The molecule has 86 valence electrons. The number of piperazine rings is 1. The van der Waals surface area contributed by atoms with Gasteiger partial charge in [-0.15, -0.1) is 0 Å². The van der Waals surface area contributed by atoms with E-state index in [4.69, 9.17) is 5.26 Å². The molecule has 0 radical (unpaired) electrons. The number of likely N-dealkylation sites (N-methyl/N-ethyl adjacent to an activating group) is 1. The Morgan fingerprint density at radius 2 is 2.13 bits per heavy atom. The van der Waals surface area contributed by atoms with Crippen LogP contribution in [0, 0.1) is 17.2 Å². The van der Waals surface area contributed by atoms with Crippen LogP contribution >= 0.6 is 0 Å². The maximum atomic E-state index is 8.75. The Hall–Kier alpha value is -0.590. The van der Waals surface area contributed by atoms with Crippen LogP contribution in [0.15, 0.2) is 0 Å². The van der Waals surface area contributed by atoms with Gasteiger partial charge in [-0.3, -0.25) is 4.90 Å². The number of rotatable bonds is 4. The predicted octanol–water partition coefficient (Wildman–Crippen LogP) is 1.56. The highest BCUT2D eigenvalue weighted by molar-refractivity contribution is 4.87. The molecule has 1 aliphatic rings.